The van der Waals surface area contributed by atoms with E-state index in [1.165, 1.54) is 5.56 Å². The summed E-state index contributed by atoms with van der Waals surface area (Å²) in [5, 5.41) is 0. The maximum Gasteiger partial charge on any atom is 0.226 e. The van der Waals surface area contributed by atoms with Crippen LogP contribution in [0.3, 0.4) is 0 Å². The van der Waals surface area contributed by atoms with Crippen molar-refractivity contribution in [3.63, 3.8) is 0 Å². The second-order valence-corrected chi connectivity index (χ2v) is 5.44. The third kappa shape index (κ3) is 3.66. The molecule has 0 aliphatic heterocycles. The van der Waals surface area contributed by atoms with E-state index in [-0.39, 0.29) is 11.9 Å². The van der Waals surface area contributed by atoms with Gasteiger partial charge in [-0.1, -0.05) is 29.8 Å². The zero-order chi connectivity index (χ0) is 13.8. The number of rotatable bonds is 3. The topological polar surface area (TPSA) is 37.4 Å². The maximum atomic E-state index is 12.2. The van der Waals surface area contributed by atoms with E-state index in [4.69, 9.17) is 0 Å². The van der Waals surface area contributed by atoms with Gasteiger partial charge in [-0.05, 0) is 25.3 Å². The van der Waals surface area contributed by atoms with Gasteiger partial charge in [0, 0.05) is 25.9 Å². The smallest absolute Gasteiger partial charge is 0.226 e. The Hall–Kier alpha value is -1.64. The SMILES string of the molecule is Cc1ccc(CC(=O)N(C)C2CCC(=O)CC2)cc1. The van der Waals surface area contributed by atoms with Gasteiger partial charge in [0.1, 0.15) is 5.78 Å². The number of nitrogens with zero attached hydrogens (tertiary/aromatic N) is 1. The molecule has 1 aliphatic carbocycles. The van der Waals surface area contributed by atoms with E-state index in [0.29, 0.717) is 25.0 Å². The van der Waals surface area contributed by atoms with Gasteiger partial charge in [-0.25, -0.2) is 0 Å². The summed E-state index contributed by atoms with van der Waals surface area (Å²) in [5.74, 6) is 0.471. The molecule has 0 heterocycles. The summed E-state index contributed by atoms with van der Waals surface area (Å²) in [7, 11) is 1.86. The van der Waals surface area contributed by atoms with Gasteiger partial charge >= 0.3 is 0 Å². The van der Waals surface area contributed by atoms with Crippen LogP contribution < -0.4 is 0 Å². The fourth-order valence-electron chi connectivity index (χ4n) is 2.52. The second kappa shape index (κ2) is 6.00. The second-order valence-electron chi connectivity index (χ2n) is 5.44. The third-order valence-corrected chi connectivity index (χ3v) is 3.93. The van der Waals surface area contributed by atoms with Gasteiger partial charge in [0.25, 0.3) is 0 Å². The molecule has 0 spiro atoms. The predicted molar refractivity (Wildman–Crippen MR) is 74.9 cm³/mol. The summed E-state index contributed by atoms with van der Waals surface area (Å²) in [4.78, 5) is 25.3. The Kier molecular flexibility index (Phi) is 4.35. The van der Waals surface area contributed by atoms with Crippen molar-refractivity contribution in [2.45, 2.75) is 45.1 Å². The summed E-state index contributed by atoms with van der Waals surface area (Å²) >= 11 is 0. The molecule has 1 aliphatic rings. The molecule has 0 N–H and O–H groups in total. The van der Waals surface area contributed by atoms with E-state index in [0.717, 1.165) is 18.4 Å². The molecule has 2 rings (SSSR count). The molecular formula is C16H21NO2. The molecule has 0 bridgehead atoms. The van der Waals surface area contributed by atoms with E-state index in [2.05, 4.69) is 0 Å². The lowest BCUT2D eigenvalue weighted by Gasteiger charge is -2.30. The monoisotopic (exact) mass is 259 g/mol. The van der Waals surface area contributed by atoms with E-state index < -0.39 is 0 Å². The van der Waals surface area contributed by atoms with Crippen LogP contribution in [0, 0.1) is 6.92 Å². The van der Waals surface area contributed by atoms with Crippen LogP contribution in [0.2, 0.25) is 0 Å². The van der Waals surface area contributed by atoms with Gasteiger partial charge in [0.05, 0.1) is 6.42 Å². The molecule has 3 heteroatoms. The van der Waals surface area contributed by atoms with Crippen molar-refractivity contribution in [3.05, 3.63) is 35.4 Å². The number of likely N-dealkylation sites (N-methyl/N-ethyl adjacent to an activating group) is 1. The van der Waals surface area contributed by atoms with Crippen molar-refractivity contribution in [1.82, 2.24) is 4.90 Å². The van der Waals surface area contributed by atoms with Crippen LogP contribution in [0.4, 0.5) is 0 Å². The normalized spacial score (nSPS) is 16.4. The number of hydrogen-bond donors (Lipinski definition) is 0. The summed E-state index contributed by atoms with van der Waals surface area (Å²) in [5.41, 5.74) is 2.25. The molecule has 3 nitrogen and oxygen atoms in total. The fraction of sp³-hybridized carbons (Fsp3) is 0.500. The van der Waals surface area contributed by atoms with Gasteiger partial charge < -0.3 is 4.90 Å². The molecule has 1 saturated carbocycles. The van der Waals surface area contributed by atoms with Gasteiger partial charge in [0.15, 0.2) is 0 Å². The van der Waals surface area contributed by atoms with Crippen molar-refractivity contribution in [2.24, 2.45) is 0 Å². The van der Waals surface area contributed by atoms with Gasteiger partial charge in [-0.2, -0.15) is 0 Å². The van der Waals surface area contributed by atoms with Gasteiger partial charge in [-0.15, -0.1) is 0 Å². The third-order valence-electron chi connectivity index (χ3n) is 3.93. The number of benzene rings is 1. The molecule has 0 aromatic heterocycles. The number of ketones is 1. The Morgan fingerprint density at radius 3 is 2.37 bits per heavy atom. The van der Waals surface area contributed by atoms with Crippen molar-refractivity contribution in [1.29, 1.82) is 0 Å². The van der Waals surface area contributed by atoms with Crippen molar-refractivity contribution in [3.8, 4) is 0 Å². The molecule has 19 heavy (non-hydrogen) atoms. The van der Waals surface area contributed by atoms with Crippen molar-refractivity contribution >= 4 is 11.7 Å². The highest BCUT2D eigenvalue weighted by Gasteiger charge is 2.24. The van der Waals surface area contributed by atoms with Crippen LogP contribution in [0.1, 0.15) is 36.8 Å². The summed E-state index contributed by atoms with van der Waals surface area (Å²) in [6.45, 7) is 2.04. The Morgan fingerprint density at radius 2 is 1.79 bits per heavy atom. The first-order valence-electron chi connectivity index (χ1n) is 6.89. The number of aryl methyl sites for hydroxylation is 1. The molecule has 102 valence electrons. The number of Topliss-reactive ketones (excluding diaryl/α,β-unsaturated/α-hetero) is 1. The summed E-state index contributed by atoms with van der Waals surface area (Å²) < 4.78 is 0. The first kappa shape index (κ1) is 13.8. The highest BCUT2D eigenvalue weighted by atomic mass is 16.2. The first-order chi connectivity index (χ1) is 9.06. The van der Waals surface area contributed by atoms with Gasteiger partial charge in [0.2, 0.25) is 5.91 Å². The Morgan fingerprint density at radius 1 is 1.21 bits per heavy atom. The maximum absolute atomic E-state index is 12.2. The lowest BCUT2D eigenvalue weighted by atomic mass is 9.93. The summed E-state index contributed by atoms with van der Waals surface area (Å²) in [6, 6.07) is 8.30. The largest absolute Gasteiger partial charge is 0.342 e. The molecule has 0 radical (unpaired) electrons. The predicted octanol–water partition coefficient (Wildman–Crippen LogP) is 2.51. The standard InChI is InChI=1S/C16H21NO2/c1-12-3-5-13(6-4-12)11-16(19)17(2)14-7-9-15(18)10-8-14/h3-6,14H,7-11H2,1-2H3. The minimum atomic E-state index is 0.142. The number of carbonyl (C=O) groups excluding carboxylic acids is 2. The van der Waals surface area contributed by atoms with Gasteiger partial charge in [-0.3, -0.25) is 9.59 Å². The average molecular weight is 259 g/mol. The molecule has 0 saturated heterocycles. The minimum Gasteiger partial charge on any atom is -0.342 e. The van der Waals surface area contributed by atoms with E-state index in [1.807, 2.05) is 43.1 Å². The quantitative estimate of drug-likeness (QED) is 0.836. The van der Waals surface area contributed by atoms with Crippen LogP contribution in [0.25, 0.3) is 0 Å². The lowest BCUT2D eigenvalue weighted by Crippen LogP contribution is -2.40. The number of carbonyl (C=O) groups is 2. The van der Waals surface area contributed by atoms with Crippen LogP contribution in [0.15, 0.2) is 24.3 Å². The number of amides is 1. The fourth-order valence-corrected chi connectivity index (χ4v) is 2.52. The van der Waals surface area contributed by atoms with Crippen molar-refractivity contribution < 1.29 is 9.59 Å². The van der Waals surface area contributed by atoms with Crippen LogP contribution >= 0.6 is 0 Å². The molecule has 0 unspecified atom stereocenters. The molecule has 0 atom stereocenters. The molecule has 1 amide bonds. The molecule has 1 aromatic carbocycles. The van der Waals surface area contributed by atoms with E-state index in [1.54, 1.807) is 0 Å². The summed E-state index contributed by atoms with van der Waals surface area (Å²) in [6.07, 6.45) is 3.31. The van der Waals surface area contributed by atoms with Crippen molar-refractivity contribution in [2.75, 3.05) is 7.05 Å². The molecular weight excluding hydrogens is 238 g/mol. The Labute approximate surface area is 114 Å². The average Bonchev–Trinajstić information content (AvgIpc) is 2.41. The van der Waals surface area contributed by atoms with Crippen LogP contribution in [-0.4, -0.2) is 29.7 Å². The molecule has 1 aromatic rings. The van der Waals surface area contributed by atoms with Crippen LogP contribution in [-0.2, 0) is 16.0 Å². The zero-order valence-corrected chi connectivity index (χ0v) is 11.7. The molecule has 1 fully saturated rings. The lowest BCUT2D eigenvalue weighted by molar-refractivity contribution is -0.133. The first-order valence-corrected chi connectivity index (χ1v) is 6.89. The van der Waals surface area contributed by atoms with Crippen LogP contribution in [0.5, 0.6) is 0 Å². The van der Waals surface area contributed by atoms with E-state index in [9.17, 15) is 9.59 Å². The minimum absolute atomic E-state index is 0.142. The van der Waals surface area contributed by atoms with E-state index >= 15 is 0 Å². The Bertz CT molecular complexity index is 454. The highest BCUT2D eigenvalue weighted by Crippen LogP contribution is 2.20. The number of hydrogen-bond acceptors (Lipinski definition) is 2. The zero-order valence-electron chi connectivity index (χ0n) is 11.7. The highest BCUT2D eigenvalue weighted by molar-refractivity contribution is 5.81. The Balaban J connectivity index is 1.92.